The van der Waals surface area contributed by atoms with E-state index in [9.17, 15) is 21.6 Å². The van der Waals surface area contributed by atoms with Gasteiger partial charge in [-0.1, -0.05) is 55.9 Å². The monoisotopic (exact) mass is 439 g/mol. The summed E-state index contributed by atoms with van der Waals surface area (Å²) in [6.45, 7) is 8.77. The smallest absolute Gasteiger partial charge is 0.207 e. The molecule has 1 unspecified atom stereocenters. The quantitative estimate of drug-likeness (QED) is 0.594. The zero-order chi connectivity index (χ0) is 20.8. The first-order valence-corrected chi connectivity index (χ1v) is 13.9. The lowest BCUT2D eigenvalue weighted by Crippen LogP contribution is -2.34. The molecule has 0 bridgehead atoms. The highest BCUT2D eigenvalue weighted by molar-refractivity contribution is 7.89. The van der Waals surface area contributed by atoms with E-state index >= 15 is 0 Å². The molecular formula is C18H25ClF3NO2SSi. The number of rotatable bonds is 4. The minimum atomic E-state index is -4.42. The Bertz CT molecular complexity index is 845. The Labute approximate surface area is 165 Å². The third-order valence-electron chi connectivity index (χ3n) is 4.76. The van der Waals surface area contributed by atoms with Crippen LogP contribution in [0.15, 0.2) is 39.4 Å². The molecule has 3 nitrogen and oxygen atoms in total. The van der Waals surface area contributed by atoms with Gasteiger partial charge in [0.05, 0.1) is 19.4 Å². The number of aryl methyl sites for hydroxylation is 1. The zero-order valence-corrected chi connectivity index (χ0v) is 18.7. The second kappa shape index (κ2) is 7.20. The molecule has 1 fully saturated rings. The van der Waals surface area contributed by atoms with Gasteiger partial charge in [0, 0.05) is 23.2 Å². The van der Waals surface area contributed by atoms with Gasteiger partial charge in [0.2, 0.25) is 10.0 Å². The lowest BCUT2D eigenvalue weighted by atomic mass is 9.82. The Morgan fingerprint density at radius 2 is 1.74 bits per heavy atom. The first-order valence-electron chi connectivity index (χ1n) is 8.59. The van der Waals surface area contributed by atoms with E-state index in [4.69, 9.17) is 11.6 Å². The van der Waals surface area contributed by atoms with Gasteiger partial charge in [0.25, 0.3) is 0 Å². The summed E-state index contributed by atoms with van der Waals surface area (Å²) < 4.78 is 67.3. The summed E-state index contributed by atoms with van der Waals surface area (Å²) in [4.78, 5) is 0.0767. The van der Waals surface area contributed by atoms with Crippen LogP contribution in [0.25, 0.3) is 0 Å². The van der Waals surface area contributed by atoms with E-state index in [1.807, 2.05) is 26.6 Å². The van der Waals surface area contributed by atoms with Crippen molar-refractivity contribution in [1.29, 1.82) is 0 Å². The summed E-state index contributed by atoms with van der Waals surface area (Å²) in [7, 11) is -6.01. The normalized spacial score (nSPS) is 24.3. The third-order valence-corrected chi connectivity index (χ3v) is 10.1. The van der Waals surface area contributed by atoms with Crippen molar-refractivity contribution in [2.75, 3.05) is 13.1 Å². The third kappa shape index (κ3) is 4.96. The Hall–Kier alpha value is -0.833. The summed E-state index contributed by atoms with van der Waals surface area (Å²) in [5.41, 5.74) is -0.0658. The number of alkyl halides is 3. The molecule has 1 aromatic carbocycles. The highest BCUT2D eigenvalue weighted by Crippen LogP contribution is 2.48. The molecule has 0 spiro atoms. The number of sulfonamides is 1. The van der Waals surface area contributed by atoms with E-state index in [1.165, 1.54) is 19.1 Å². The van der Waals surface area contributed by atoms with Crippen LogP contribution in [0.4, 0.5) is 13.2 Å². The number of benzene rings is 1. The molecule has 1 atom stereocenters. The van der Waals surface area contributed by atoms with Crippen molar-refractivity contribution >= 4 is 29.7 Å². The van der Waals surface area contributed by atoms with Gasteiger partial charge >= 0.3 is 6.18 Å². The van der Waals surface area contributed by atoms with Gasteiger partial charge in [0.1, 0.15) is 0 Å². The van der Waals surface area contributed by atoms with Crippen molar-refractivity contribution in [2.45, 2.75) is 51.0 Å². The van der Waals surface area contributed by atoms with Crippen LogP contribution < -0.4 is 0 Å². The van der Waals surface area contributed by atoms with Crippen LogP contribution in [0.3, 0.4) is 0 Å². The molecule has 1 saturated heterocycles. The molecule has 2 rings (SSSR count). The molecule has 1 aromatic rings. The highest BCUT2D eigenvalue weighted by atomic mass is 35.5. The summed E-state index contributed by atoms with van der Waals surface area (Å²) in [6, 6.07) is 6.30. The van der Waals surface area contributed by atoms with E-state index in [1.54, 1.807) is 12.1 Å². The second-order valence-electron chi connectivity index (χ2n) is 8.48. The maximum atomic E-state index is 13.3. The van der Waals surface area contributed by atoms with Gasteiger partial charge in [-0.15, -0.1) is 0 Å². The zero-order valence-electron chi connectivity index (χ0n) is 16.1. The molecule has 1 heterocycles. The Balaban J connectivity index is 2.52. The van der Waals surface area contributed by atoms with E-state index in [0.29, 0.717) is 10.2 Å². The molecule has 0 aromatic heterocycles. The van der Waals surface area contributed by atoms with Gasteiger partial charge in [-0.3, -0.25) is 0 Å². The fourth-order valence-corrected chi connectivity index (χ4v) is 6.44. The van der Waals surface area contributed by atoms with Gasteiger partial charge < -0.3 is 0 Å². The Morgan fingerprint density at radius 3 is 2.19 bits per heavy atom. The van der Waals surface area contributed by atoms with Gasteiger partial charge in [-0.05, 0) is 24.6 Å². The van der Waals surface area contributed by atoms with E-state index < -0.39 is 36.1 Å². The van der Waals surface area contributed by atoms with E-state index in [2.05, 4.69) is 0 Å². The molecule has 0 amide bonds. The molecule has 9 heteroatoms. The van der Waals surface area contributed by atoms with Gasteiger partial charge in [0.15, 0.2) is 0 Å². The van der Waals surface area contributed by atoms with Crippen LogP contribution in [0.1, 0.15) is 18.9 Å². The topological polar surface area (TPSA) is 37.4 Å². The Kier molecular flexibility index (Phi) is 5.99. The van der Waals surface area contributed by atoms with Gasteiger partial charge in [-0.2, -0.15) is 17.5 Å². The number of hydrogen-bond donors (Lipinski definition) is 0. The predicted molar refractivity (Wildman–Crippen MR) is 105 cm³/mol. The summed E-state index contributed by atoms with van der Waals surface area (Å²) in [5, 5.41) is 0. The van der Waals surface area contributed by atoms with E-state index in [0.717, 1.165) is 9.87 Å². The average Bonchev–Trinajstić information content (AvgIpc) is 2.81. The van der Waals surface area contributed by atoms with Crippen LogP contribution in [0.5, 0.6) is 0 Å². The maximum absolute atomic E-state index is 13.3. The van der Waals surface area contributed by atoms with Gasteiger partial charge in [-0.25, -0.2) is 8.42 Å². The molecule has 0 radical (unpaired) electrons. The standard InChI is InChI=1S/C18H25ClF3NO2SSi/c1-13-6-8-14(9-7-13)26(24,25)23-10-15(16(19)27(3,4)5)17(2,12-23)11-18(20,21)22/h6-9H,10-12H2,1-5H3/b16-15-. The lowest BCUT2D eigenvalue weighted by Gasteiger charge is -2.30. The average molecular weight is 440 g/mol. The summed E-state index contributed by atoms with van der Waals surface area (Å²) in [5.74, 6) is 0. The molecule has 27 heavy (non-hydrogen) atoms. The van der Waals surface area contributed by atoms with Crippen molar-refractivity contribution in [2.24, 2.45) is 5.41 Å². The van der Waals surface area contributed by atoms with Crippen molar-refractivity contribution < 1.29 is 21.6 Å². The fourth-order valence-electron chi connectivity index (χ4n) is 3.33. The van der Waals surface area contributed by atoms with Crippen molar-refractivity contribution in [3.05, 3.63) is 40.1 Å². The number of nitrogens with zero attached hydrogens (tertiary/aromatic N) is 1. The lowest BCUT2D eigenvalue weighted by molar-refractivity contribution is -0.150. The molecule has 1 aliphatic heterocycles. The van der Waals surface area contributed by atoms with Crippen LogP contribution >= 0.6 is 11.6 Å². The molecule has 152 valence electrons. The molecule has 0 saturated carbocycles. The molecule has 0 aliphatic carbocycles. The minimum Gasteiger partial charge on any atom is -0.207 e. The first-order chi connectivity index (χ1) is 12.1. The predicted octanol–water partition coefficient (Wildman–Crippen LogP) is 5.33. The minimum absolute atomic E-state index is 0.0767. The van der Waals surface area contributed by atoms with Crippen molar-refractivity contribution in [1.82, 2.24) is 4.31 Å². The number of halogens is 4. The second-order valence-corrected chi connectivity index (χ2v) is 16.1. The molecule has 0 N–H and O–H groups in total. The van der Waals surface area contributed by atoms with Crippen LogP contribution in [-0.4, -0.2) is 40.1 Å². The highest BCUT2D eigenvalue weighted by Gasteiger charge is 2.51. The van der Waals surface area contributed by atoms with Crippen LogP contribution in [0.2, 0.25) is 19.6 Å². The molecule has 1 aliphatic rings. The Morgan fingerprint density at radius 1 is 1.22 bits per heavy atom. The molecular weight excluding hydrogens is 415 g/mol. The summed E-state index contributed by atoms with van der Waals surface area (Å²) in [6.07, 6.45) is -5.52. The maximum Gasteiger partial charge on any atom is 0.390 e. The largest absolute Gasteiger partial charge is 0.390 e. The SMILES string of the molecule is Cc1ccc(S(=O)(=O)N2C/C(=C(\Cl)[Si](C)(C)C)C(C)(CC(F)(F)F)C2)cc1. The number of hydrogen-bond acceptors (Lipinski definition) is 2. The van der Waals surface area contributed by atoms with Crippen molar-refractivity contribution in [3.8, 4) is 0 Å². The van der Waals surface area contributed by atoms with Crippen molar-refractivity contribution in [3.63, 3.8) is 0 Å². The van der Waals surface area contributed by atoms with Crippen LogP contribution in [0, 0.1) is 12.3 Å². The first kappa shape index (κ1) is 22.5. The summed E-state index contributed by atoms with van der Waals surface area (Å²) >= 11 is 6.51. The van der Waals surface area contributed by atoms with E-state index in [-0.39, 0.29) is 18.0 Å². The van der Waals surface area contributed by atoms with Crippen LogP contribution in [-0.2, 0) is 10.0 Å². The fraction of sp³-hybridized carbons (Fsp3) is 0.556.